The van der Waals surface area contributed by atoms with Gasteiger partial charge in [0, 0.05) is 61.5 Å². The van der Waals surface area contributed by atoms with Crippen LogP contribution in [0.5, 0.6) is 11.5 Å². The molecule has 1 unspecified atom stereocenters. The fourth-order valence-electron chi connectivity index (χ4n) is 8.17. The van der Waals surface area contributed by atoms with Crippen molar-refractivity contribution in [1.82, 2.24) is 34.5 Å². The minimum absolute atomic E-state index is 0.148. The van der Waals surface area contributed by atoms with Gasteiger partial charge in [-0.2, -0.15) is 5.10 Å². The zero-order chi connectivity index (χ0) is 41.6. The van der Waals surface area contributed by atoms with Gasteiger partial charge in [0.1, 0.15) is 17.0 Å². The van der Waals surface area contributed by atoms with E-state index in [4.69, 9.17) is 36.1 Å². The number of benzene rings is 3. The number of carbonyl (C=O) groups is 1. The number of fused-ring (bicyclic) bond motifs is 2. The summed E-state index contributed by atoms with van der Waals surface area (Å²) in [4.78, 5) is 25.9. The molecule has 1 atom stereocenters. The first-order valence-corrected chi connectivity index (χ1v) is 19.9. The highest BCUT2D eigenvalue weighted by molar-refractivity contribution is 6.36. The number of nitrogens with zero attached hydrogens (tertiary/aromatic N) is 7. The smallest absolute Gasteiger partial charge is 0.297 e. The van der Waals surface area contributed by atoms with Gasteiger partial charge in [0.05, 0.1) is 59.5 Å². The molecule has 2 fully saturated rings. The Morgan fingerprint density at radius 1 is 1.00 bits per heavy atom. The molecule has 0 radical (unpaired) electrons. The molecular weight excluding hydrogens is 782 g/mol. The number of rotatable bonds is 12. The number of hydrogen-bond donors (Lipinski definition) is 3. The molecule has 0 bridgehead atoms. The second-order valence-corrected chi connectivity index (χ2v) is 15.2. The van der Waals surface area contributed by atoms with E-state index in [0.29, 0.717) is 64.5 Å². The Morgan fingerprint density at radius 3 is 2.39 bits per heavy atom. The van der Waals surface area contributed by atoms with Gasteiger partial charge in [0.15, 0.2) is 11.6 Å². The molecule has 1 saturated carbocycles. The third-order valence-electron chi connectivity index (χ3n) is 11.1. The van der Waals surface area contributed by atoms with Crippen molar-refractivity contribution in [1.29, 1.82) is 0 Å². The maximum absolute atomic E-state index is 14.2. The van der Waals surface area contributed by atoms with Crippen molar-refractivity contribution in [2.24, 2.45) is 0 Å². The Labute approximate surface area is 345 Å². The number of nitrogens with one attached hydrogen (secondary N) is 1. The van der Waals surface area contributed by atoms with Crippen LogP contribution in [0.4, 0.5) is 20.3 Å². The first kappa shape index (κ1) is 41.7. The summed E-state index contributed by atoms with van der Waals surface area (Å²) in [5, 5.41) is 26.2. The van der Waals surface area contributed by atoms with Crippen molar-refractivity contribution in [3.63, 3.8) is 0 Å². The molecule has 3 aromatic heterocycles. The lowest BCUT2D eigenvalue weighted by Gasteiger charge is -2.31. The van der Waals surface area contributed by atoms with Crippen molar-refractivity contribution < 1.29 is 33.3 Å². The maximum atomic E-state index is 14.2. The highest BCUT2D eigenvalue weighted by Gasteiger charge is 2.25. The topological polar surface area (TPSA) is 151 Å². The fourth-order valence-corrected chi connectivity index (χ4v) is 8.45. The average Bonchev–Trinajstić information content (AvgIpc) is 3.88. The predicted molar refractivity (Wildman–Crippen MR) is 223 cm³/mol. The van der Waals surface area contributed by atoms with Gasteiger partial charge in [-0.15, -0.1) is 0 Å². The number of aromatic nitrogens is 5. The molecule has 310 valence electrons. The van der Waals surface area contributed by atoms with Crippen molar-refractivity contribution in [2.45, 2.75) is 70.2 Å². The zero-order valence-corrected chi connectivity index (χ0v) is 33.9. The number of aliphatic hydroxyl groups excluding tert-OH is 1. The van der Waals surface area contributed by atoms with Crippen LogP contribution in [0, 0.1) is 0 Å². The number of β-amino-alcohol motifs (C(OH)–C–C–N with tert-alkyl or cyclic N) is 1. The third kappa shape index (κ3) is 9.08. The molecule has 3 aromatic carbocycles. The van der Waals surface area contributed by atoms with E-state index in [-0.39, 0.29) is 18.4 Å². The Kier molecular flexibility index (Phi) is 13.2. The number of alkyl halides is 2. The van der Waals surface area contributed by atoms with Gasteiger partial charge in [-0.1, -0.05) is 55.1 Å². The molecule has 1 aliphatic carbocycles. The standard InChI is InChI=1S/C42H45ClF2N8O3.CH2O2/c1-51(26-9-5-4-6-10-26)22-25-17-34-39(46-20-25)41(50-42(49-34)40(44)45)48-33-13-7-12-30(38(33)43)29-11-8-14-35-31(29)21-47-53(35)27-18-36(55-2)32(37(19-27)56-3)24-52-16-15-28(54)23-52;2-1-3/h7-8,11-14,17-21,26,28,40,54H,4-6,9-10,15-16,22-24H2,1-3H3,(H,48,49,50);1H,(H,2,3). The van der Waals surface area contributed by atoms with Gasteiger partial charge in [0.2, 0.25) is 0 Å². The van der Waals surface area contributed by atoms with Crippen LogP contribution in [-0.4, -0.2) is 97.7 Å². The molecule has 8 rings (SSSR count). The van der Waals surface area contributed by atoms with Gasteiger partial charge in [-0.05, 0) is 55.6 Å². The highest BCUT2D eigenvalue weighted by atomic mass is 35.5. The van der Waals surface area contributed by atoms with Crippen LogP contribution in [0.2, 0.25) is 5.02 Å². The molecule has 2 aliphatic rings. The predicted octanol–water partition coefficient (Wildman–Crippen LogP) is 8.41. The molecule has 1 saturated heterocycles. The molecule has 13 nitrogen and oxygen atoms in total. The molecule has 1 aliphatic heterocycles. The molecular formula is C43H47ClF2N8O5. The van der Waals surface area contributed by atoms with Crippen LogP contribution in [0.25, 0.3) is 38.8 Å². The number of aliphatic hydroxyl groups is 1. The summed E-state index contributed by atoms with van der Waals surface area (Å²) >= 11 is 7.14. The Morgan fingerprint density at radius 2 is 1.71 bits per heavy atom. The van der Waals surface area contributed by atoms with E-state index in [0.717, 1.165) is 59.1 Å². The third-order valence-corrected chi connectivity index (χ3v) is 11.5. The first-order chi connectivity index (χ1) is 28.6. The van der Waals surface area contributed by atoms with Crippen LogP contribution in [0.1, 0.15) is 61.9 Å². The van der Waals surface area contributed by atoms with Gasteiger partial charge in [-0.3, -0.25) is 19.6 Å². The van der Waals surface area contributed by atoms with Crippen molar-refractivity contribution >= 4 is 51.5 Å². The summed E-state index contributed by atoms with van der Waals surface area (Å²) in [6.07, 6.45) is 7.12. The van der Waals surface area contributed by atoms with Gasteiger partial charge < -0.3 is 25.0 Å². The van der Waals surface area contributed by atoms with Crippen LogP contribution in [0.3, 0.4) is 0 Å². The molecule has 0 amide bonds. The average molecular weight is 829 g/mol. The summed E-state index contributed by atoms with van der Waals surface area (Å²) in [5.41, 5.74) is 6.12. The largest absolute Gasteiger partial charge is 0.496 e. The normalized spacial score (nSPS) is 16.1. The molecule has 16 heteroatoms. The lowest BCUT2D eigenvalue weighted by molar-refractivity contribution is -0.122. The van der Waals surface area contributed by atoms with E-state index in [1.54, 1.807) is 32.7 Å². The van der Waals surface area contributed by atoms with Gasteiger partial charge in [0.25, 0.3) is 12.9 Å². The summed E-state index contributed by atoms with van der Waals surface area (Å²) in [7, 11) is 5.37. The molecule has 59 heavy (non-hydrogen) atoms. The number of likely N-dealkylation sites (tertiary alicyclic amines) is 1. The highest BCUT2D eigenvalue weighted by Crippen LogP contribution is 2.41. The monoisotopic (exact) mass is 828 g/mol. The Bertz CT molecular complexity index is 2400. The molecule has 0 spiro atoms. The summed E-state index contributed by atoms with van der Waals surface area (Å²) < 4.78 is 41.8. The van der Waals surface area contributed by atoms with Gasteiger partial charge in [-0.25, -0.2) is 23.4 Å². The quantitative estimate of drug-likeness (QED) is 0.102. The summed E-state index contributed by atoms with van der Waals surface area (Å²) in [5.74, 6) is 0.884. The number of carboxylic acid groups (broad SMARTS) is 1. The Hall–Kier alpha value is -5.48. The number of anilines is 2. The van der Waals surface area contributed by atoms with E-state index in [1.807, 2.05) is 53.2 Å². The van der Waals surface area contributed by atoms with E-state index in [2.05, 4.69) is 37.1 Å². The number of ether oxygens (including phenoxy) is 2. The summed E-state index contributed by atoms with van der Waals surface area (Å²) in [6.45, 7) is 2.38. The molecule has 6 aromatic rings. The molecule has 4 heterocycles. The lowest BCUT2D eigenvalue weighted by atomic mass is 9.94. The number of hydrogen-bond acceptors (Lipinski definition) is 11. The second kappa shape index (κ2) is 18.6. The van der Waals surface area contributed by atoms with Crippen molar-refractivity contribution in [3.05, 3.63) is 89.0 Å². The number of methoxy groups -OCH3 is 2. The van der Waals surface area contributed by atoms with Crippen LogP contribution in [-0.2, 0) is 17.9 Å². The van der Waals surface area contributed by atoms with E-state index in [1.165, 1.54) is 19.3 Å². The summed E-state index contributed by atoms with van der Waals surface area (Å²) in [6, 6.07) is 17.6. The molecule has 3 N–H and O–H groups in total. The fraction of sp³-hybridized carbons (Fsp3) is 0.372. The first-order valence-electron chi connectivity index (χ1n) is 19.5. The SMILES string of the molecule is COc1cc(-n2ncc3c(-c4cccc(Nc5nc(C(F)F)nc6cc(CN(C)C7CCCCC7)cnc56)c4Cl)cccc32)cc(OC)c1CN1CCC(O)C1.O=CO. The van der Waals surface area contributed by atoms with Crippen LogP contribution >= 0.6 is 11.6 Å². The Balaban J connectivity index is 0.00000171. The van der Waals surface area contributed by atoms with Crippen molar-refractivity contribution in [2.75, 3.05) is 39.7 Å². The minimum Gasteiger partial charge on any atom is -0.496 e. The van der Waals surface area contributed by atoms with E-state index < -0.39 is 12.2 Å². The lowest BCUT2D eigenvalue weighted by Crippen LogP contribution is -2.32. The number of pyridine rings is 1. The second-order valence-electron chi connectivity index (χ2n) is 14.8. The minimum atomic E-state index is -2.88. The van der Waals surface area contributed by atoms with Crippen LogP contribution < -0.4 is 14.8 Å². The maximum Gasteiger partial charge on any atom is 0.297 e. The van der Waals surface area contributed by atoms with E-state index >= 15 is 0 Å². The van der Waals surface area contributed by atoms with Crippen LogP contribution in [0.15, 0.2) is 67.0 Å². The van der Waals surface area contributed by atoms with Crippen molar-refractivity contribution in [3.8, 4) is 28.3 Å². The zero-order valence-electron chi connectivity index (χ0n) is 33.1. The van der Waals surface area contributed by atoms with E-state index in [9.17, 15) is 13.9 Å². The van der Waals surface area contributed by atoms with Gasteiger partial charge >= 0.3 is 0 Å². The number of halogens is 3.